The highest BCUT2D eigenvalue weighted by molar-refractivity contribution is 5.53. The van der Waals surface area contributed by atoms with Crippen LogP contribution in [-0.2, 0) is 0 Å². The average Bonchev–Trinajstić information content (AvgIpc) is 2.74. The van der Waals surface area contributed by atoms with Crippen LogP contribution in [0.15, 0.2) is 39.1 Å². The number of allylic oxidation sites excluding steroid dienone is 4. The predicted octanol–water partition coefficient (Wildman–Crippen LogP) is 2.87. The van der Waals surface area contributed by atoms with Crippen LogP contribution in [0.3, 0.4) is 0 Å². The first-order valence-corrected chi connectivity index (χ1v) is 5.63. The molecule has 0 aromatic carbocycles. The van der Waals surface area contributed by atoms with E-state index < -0.39 is 5.92 Å². The Morgan fingerprint density at radius 1 is 1.06 bits per heavy atom. The summed E-state index contributed by atoms with van der Waals surface area (Å²) in [6.45, 7) is 5.51. The molecule has 90 valence electrons. The zero-order chi connectivity index (χ0) is 13.3. The SMILES string of the molecule is CC1=C(C#N)C(c2ccc(C)o2)C(C#N)=C(C)N1. The highest BCUT2D eigenvalue weighted by Gasteiger charge is 2.31. The van der Waals surface area contributed by atoms with E-state index in [0.29, 0.717) is 16.9 Å². The molecule has 0 atom stereocenters. The lowest BCUT2D eigenvalue weighted by atomic mass is 9.85. The molecule has 0 spiro atoms. The molecule has 0 radical (unpaired) electrons. The largest absolute Gasteiger partial charge is 0.465 e. The molecule has 0 saturated carbocycles. The van der Waals surface area contributed by atoms with Gasteiger partial charge in [-0.3, -0.25) is 0 Å². The van der Waals surface area contributed by atoms with E-state index >= 15 is 0 Å². The quantitative estimate of drug-likeness (QED) is 0.817. The molecule has 1 aliphatic rings. The Kier molecular flexibility index (Phi) is 2.95. The van der Waals surface area contributed by atoms with Gasteiger partial charge in [0, 0.05) is 11.4 Å². The summed E-state index contributed by atoms with van der Waals surface area (Å²) in [6.07, 6.45) is 0. The standard InChI is InChI=1S/C14H13N3O/c1-8-4-5-13(18-8)14-11(6-15)9(2)17-10(3)12(14)7-16/h4-5,14,17H,1-3H3. The first-order valence-electron chi connectivity index (χ1n) is 5.63. The van der Waals surface area contributed by atoms with Gasteiger partial charge in [-0.05, 0) is 32.9 Å². The van der Waals surface area contributed by atoms with Crippen molar-refractivity contribution >= 4 is 0 Å². The third-order valence-corrected chi connectivity index (χ3v) is 3.05. The van der Waals surface area contributed by atoms with Gasteiger partial charge in [-0.2, -0.15) is 10.5 Å². The number of hydrogen-bond acceptors (Lipinski definition) is 4. The molecule has 0 aliphatic carbocycles. The molecule has 1 aromatic heterocycles. The second-order valence-corrected chi connectivity index (χ2v) is 4.31. The number of nitrogens with zero attached hydrogens (tertiary/aromatic N) is 2. The zero-order valence-corrected chi connectivity index (χ0v) is 10.5. The second-order valence-electron chi connectivity index (χ2n) is 4.31. The number of hydrogen-bond donors (Lipinski definition) is 1. The van der Waals surface area contributed by atoms with Crippen LogP contribution in [-0.4, -0.2) is 0 Å². The van der Waals surface area contributed by atoms with Crippen LogP contribution in [0.1, 0.15) is 31.3 Å². The Morgan fingerprint density at radius 3 is 2.00 bits per heavy atom. The summed E-state index contributed by atoms with van der Waals surface area (Å²) in [6, 6.07) is 8.00. The van der Waals surface area contributed by atoms with E-state index in [-0.39, 0.29) is 0 Å². The van der Waals surface area contributed by atoms with E-state index in [0.717, 1.165) is 17.2 Å². The minimum absolute atomic E-state index is 0.394. The molecule has 0 bridgehead atoms. The number of dihydropyridines is 1. The van der Waals surface area contributed by atoms with E-state index in [9.17, 15) is 10.5 Å². The van der Waals surface area contributed by atoms with Gasteiger partial charge < -0.3 is 9.73 Å². The first-order chi connectivity index (χ1) is 8.58. The van der Waals surface area contributed by atoms with Crippen LogP contribution in [0.4, 0.5) is 0 Å². The molecule has 4 nitrogen and oxygen atoms in total. The van der Waals surface area contributed by atoms with E-state index in [4.69, 9.17) is 4.42 Å². The lowest BCUT2D eigenvalue weighted by Crippen LogP contribution is -2.23. The van der Waals surface area contributed by atoms with E-state index in [1.807, 2.05) is 32.9 Å². The molecule has 0 saturated heterocycles. The minimum atomic E-state index is -0.394. The smallest absolute Gasteiger partial charge is 0.117 e. The molecular weight excluding hydrogens is 226 g/mol. The average molecular weight is 239 g/mol. The van der Waals surface area contributed by atoms with Gasteiger partial charge in [0.15, 0.2) is 0 Å². The lowest BCUT2D eigenvalue weighted by Gasteiger charge is -2.24. The monoisotopic (exact) mass is 239 g/mol. The Morgan fingerprint density at radius 2 is 1.61 bits per heavy atom. The molecule has 2 heterocycles. The Bertz CT molecular complexity index is 599. The molecule has 0 fully saturated rings. The van der Waals surface area contributed by atoms with Crippen LogP contribution in [0, 0.1) is 29.6 Å². The van der Waals surface area contributed by atoms with Crippen molar-refractivity contribution in [2.75, 3.05) is 0 Å². The minimum Gasteiger partial charge on any atom is -0.465 e. The molecule has 18 heavy (non-hydrogen) atoms. The van der Waals surface area contributed by atoms with Crippen molar-refractivity contribution < 1.29 is 4.42 Å². The summed E-state index contributed by atoms with van der Waals surface area (Å²) < 4.78 is 5.59. The van der Waals surface area contributed by atoms with Gasteiger partial charge in [0.25, 0.3) is 0 Å². The third-order valence-electron chi connectivity index (χ3n) is 3.05. The molecule has 0 unspecified atom stereocenters. The van der Waals surface area contributed by atoms with Gasteiger partial charge in [-0.15, -0.1) is 0 Å². The van der Waals surface area contributed by atoms with Crippen LogP contribution in [0.5, 0.6) is 0 Å². The van der Waals surface area contributed by atoms with Crippen molar-refractivity contribution in [1.82, 2.24) is 5.32 Å². The summed E-state index contributed by atoms with van der Waals surface area (Å²) in [4.78, 5) is 0. The normalized spacial score (nSPS) is 16.3. The summed E-state index contributed by atoms with van der Waals surface area (Å²) in [7, 11) is 0. The maximum absolute atomic E-state index is 9.28. The molecule has 1 aliphatic heterocycles. The van der Waals surface area contributed by atoms with Crippen LogP contribution in [0.2, 0.25) is 0 Å². The molecule has 1 N–H and O–H groups in total. The second kappa shape index (κ2) is 4.43. The number of rotatable bonds is 1. The van der Waals surface area contributed by atoms with Crippen molar-refractivity contribution in [2.45, 2.75) is 26.7 Å². The molecule has 2 rings (SSSR count). The Labute approximate surface area is 106 Å². The van der Waals surface area contributed by atoms with Gasteiger partial charge in [0.05, 0.1) is 29.2 Å². The van der Waals surface area contributed by atoms with Crippen LogP contribution in [0.25, 0.3) is 0 Å². The fraction of sp³-hybridized carbons (Fsp3) is 0.286. The van der Waals surface area contributed by atoms with Crippen LogP contribution < -0.4 is 5.32 Å². The Hall–Kier alpha value is -2.46. The topological polar surface area (TPSA) is 72.8 Å². The van der Waals surface area contributed by atoms with E-state index in [2.05, 4.69) is 17.5 Å². The number of aryl methyl sites for hydroxylation is 1. The molecule has 0 amide bonds. The summed E-state index contributed by atoms with van der Waals surface area (Å²) >= 11 is 0. The summed E-state index contributed by atoms with van der Waals surface area (Å²) in [5, 5.41) is 21.6. The van der Waals surface area contributed by atoms with Crippen molar-refractivity contribution in [3.05, 3.63) is 46.2 Å². The fourth-order valence-corrected chi connectivity index (χ4v) is 2.18. The number of nitrogens with one attached hydrogen (secondary N) is 1. The maximum Gasteiger partial charge on any atom is 0.117 e. The molecular formula is C14H13N3O. The van der Waals surface area contributed by atoms with Gasteiger partial charge in [-0.1, -0.05) is 0 Å². The third kappa shape index (κ3) is 1.78. The van der Waals surface area contributed by atoms with Crippen molar-refractivity contribution in [3.63, 3.8) is 0 Å². The van der Waals surface area contributed by atoms with Crippen LogP contribution >= 0.6 is 0 Å². The van der Waals surface area contributed by atoms with Gasteiger partial charge in [0.1, 0.15) is 11.5 Å². The summed E-state index contributed by atoms with van der Waals surface area (Å²) in [5.74, 6) is 1.02. The van der Waals surface area contributed by atoms with Gasteiger partial charge >= 0.3 is 0 Å². The van der Waals surface area contributed by atoms with Crippen molar-refractivity contribution in [1.29, 1.82) is 10.5 Å². The molecule has 4 heteroatoms. The van der Waals surface area contributed by atoms with Gasteiger partial charge in [-0.25, -0.2) is 0 Å². The lowest BCUT2D eigenvalue weighted by molar-refractivity contribution is 0.474. The highest BCUT2D eigenvalue weighted by atomic mass is 16.3. The number of nitriles is 2. The van der Waals surface area contributed by atoms with E-state index in [1.54, 1.807) is 0 Å². The summed E-state index contributed by atoms with van der Waals surface area (Å²) in [5.41, 5.74) is 2.61. The maximum atomic E-state index is 9.28. The number of furan rings is 1. The predicted molar refractivity (Wildman–Crippen MR) is 65.9 cm³/mol. The fourth-order valence-electron chi connectivity index (χ4n) is 2.18. The highest BCUT2D eigenvalue weighted by Crippen LogP contribution is 2.37. The van der Waals surface area contributed by atoms with E-state index in [1.165, 1.54) is 0 Å². The van der Waals surface area contributed by atoms with Gasteiger partial charge in [0.2, 0.25) is 0 Å². The Balaban J connectivity index is 2.61. The molecule has 1 aromatic rings. The van der Waals surface area contributed by atoms with Crippen molar-refractivity contribution in [3.8, 4) is 12.1 Å². The van der Waals surface area contributed by atoms with Crippen molar-refractivity contribution in [2.24, 2.45) is 0 Å². The zero-order valence-electron chi connectivity index (χ0n) is 10.5. The first kappa shape index (κ1) is 12.0.